The number of rotatable bonds is 7. The second-order valence-corrected chi connectivity index (χ2v) is 8.50. The molecule has 0 spiro atoms. The van der Waals surface area contributed by atoms with Crippen LogP contribution >= 0.6 is 11.6 Å². The van der Waals surface area contributed by atoms with E-state index in [4.69, 9.17) is 11.6 Å². The lowest BCUT2D eigenvalue weighted by atomic mass is 10.0. The van der Waals surface area contributed by atoms with Gasteiger partial charge >= 0.3 is 0 Å². The largest absolute Gasteiger partial charge is 0.344 e. The maximum atomic E-state index is 13.2. The molecular weight excluding hydrogens is 440 g/mol. The topological polar surface area (TPSA) is 111 Å². The number of nitrogens with zero attached hydrogens (tertiary/aromatic N) is 7. The SMILES string of the molecule is CC(C)Cc1nnnn1-c1cc(C(=O)NC(C)c2cnccn2)cc(-c2ccc(Cl)cn2)c1. The summed E-state index contributed by atoms with van der Waals surface area (Å²) >= 11 is 6.01. The van der Waals surface area contributed by atoms with Crippen molar-refractivity contribution in [2.24, 2.45) is 5.92 Å². The Kier molecular flexibility index (Phi) is 6.69. The van der Waals surface area contributed by atoms with Crippen LogP contribution in [0.25, 0.3) is 16.9 Å². The van der Waals surface area contributed by atoms with E-state index in [1.54, 1.807) is 53.7 Å². The fraction of sp³-hybridized carbons (Fsp3) is 0.261. The van der Waals surface area contributed by atoms with Crippen LogP contribution in [0.15, 0.2) is 55.1 Å². The average Bonchev–Trinajstić information content (AvgIpc) is 3.27. The highest BCUT2D eigenvalue weighted by Crippen LogP contribution is 2.25. The lowest BCUT2D eigenvalue weighted by Gasteiger charge is -2.15. The second kappa shape index (κ2) is 9.83. The number of hydrogen-bond acceptors (Lipinski definition) is 7. The van der Waals surface area contributed by atoms with Crippen molar-refractivity contribution in [3.63, 3.8) is 0 Å². The van der Waals surface area contributed by atoms with Crippen LogP contribution in [0, 0.1) is 5.92 Å². The van der Waals surface area contributed by atoms with Crippen molar-refractivity contribution < 1.29 is 4.79 Å². The predicted octanol–water partition coefficient (Wildman–Crippen LogP) is 3.86. The number of nitrogens with one attached hydrogen (secondary N) is 1. The van der Waals surface area contributed by atoms with Gasteiger partial charge in [0.05, 0.1) is 34.3 Å². The molecule has 3 heterocycles. The van der Waals surface area contributed by atoms with Crippen LogP contribution in [0.3, 0.4) is 0 Å². The molecular formula is C23H23ClN8O. The molecule has 1 amide bonds. The molecule has 0 saturated heterocycles. The van der Waals surface area contributed by atoms with Gasteiger partial charge in [0, 0.05) is 36.1 Å². The molecule has 168 valence electrons. The Morgan fingerprint density at radius 3 is 2.64 bits per heavy atom. The Hall–Kier alpha value is -3.72. The summed E-state index contributed by atoms with van der Waals surface area (Å²) < 4.78 is 1.66. The Balaban J connectivity index is 1.74. The lowest BCUT2D eigenvalue weighted by Crippen LogP contribution is -2.27. The van der Waals surface area contributed by atoms with Crippen molar-refractivity contribution in [3.05, 3.63) is 77.2 Å². The minimum Gasteiger partial charge on any atom is -0.344 e. The molecule has 0 aliphatic carbocycles. The van der Waals surface area contributed by atoms with Crippen LogP contribution in [0.1, 0.15) is 48.7 Å². The quantitative estimate of drug-likeness (QED) is 0.443. The zero-order chi connectivity index (χ0) is 23.4. The number of benzene rings is 1. The second-order valence-electron chi connectivity index (χ2n) is 8.06. The highest BCUT2D eigenvalue weighted by molar-refractivity contribution is 6.30. The maximum Gasteiger partial charge on any atom is 0.251 e. The third kappa shape index (κ3) is 5.38. The third-order valence-electron chi connectivity index (χ3n) is 4.95. The number of carbonyl (C=O) groups excluding carboxylic acids is 1. The fourth-order valence-corrected chi connectivity index (χ4v) is 3.46. The van der Waals surface area contributed by atoms with Crippen LogP contribution < -0.4 is 5.32 Å². The van der Waals surface area contributed by atoms with Gasteiger partial charge in [-0.15, -0.1) is 5.10 Å². The predicted molar refractivity (Wildman–Crippen MR) is 124 cm³/mol. The van der Waals surface area contributed by atoms with Crippen molar-refractivity contribution in [2.75, 3.05) is 0 Å². The highest BCUT2D eigenvalue weighted by Gasteiger charge is 2.18. The van der Waals surface area contributed by atoms with E-state index in [-0.39, 0.29) is 11.9 Å². The van der Waals surface area contributed by atoms with Crippen molar-refractivity contribution in [1.29, 1.82) is 0 Å². The van der Waals surface area contributed by atoms with E-state index in [0.717, 1.165) is 5.56 Å². The molecule has 1 aromatic carbocycles. The maximum absolute atomic E-state index is 13.2. The van der Waals surface area contributed by atoms with Gasteiger partial charge in [0.2, 0.25) is 0 Å². The van der Waals surface area contributed by atoms with Gasteiger partial charge in [-0.2, -0.15) is 4.68 Å². The first-order chi connectivity index (χ1) is 15.9. The smallest absolute Gasteiger partial charge is 0.251 e. The summed E-state index contributed by atoms with van der Waals surface area (Å²) in [7, 11) is 0. The van der Waals surface area contributed by atoms with Gasteiger partial charge in [0.15, 0.2) is 5.82 Å². The molecule has 10 heteroatoms. The fourth-order valence-electron chi connectivity index (χ4n) is 3.35. The number of carbonyl (C=O) groups is 1. The number of tetrazole rings is 1. The van der Waals surface area contributed by atoms with Gasteiger partial charge in [0.1, 0.15) is 0 Å². The molecule has 0 radical (unpaired) electrons. The summed E-state index contributed by atoms with van der Waals surface area (Å²) in [5.74, 6) is 0.820. The standard InChI is InChI=1S/C23H23ClN8O/c1-14(2)8-22-29-30-31-32(22)19-10-16(20-5-4-18(24)12-27-20)9-17(11-19)23(33)28-15(3)21-13-25-6-7-26-21/h4-7,9-15H,8H2,1-3H3,(H,28,33). The zero-order valence-corrected chi connectivity index (χ0v) is 19.2. The van der Waals surface area contributed by atoms with Crippen LogP contribution in [-0.2, 0) is 6.42 Å². The molecule has 0 fully saturated rings. The van der Waals surface area contributed by atoms with Crippen LogP contribution in [-0.4, -0.2) is 41.1 Å². The molecule has 33 heavy (non-hydrogen) atoms. The number of amides is 1. The van der Waals surface area contributed by atoms with Gasteiger partial charge in [-0.25, -0.2) is 0 Å². The average molecular weight is 463 g/mol. The van der Waals surface area contributed by atoms with Crippen molar-refractivity contribution >= 4 is 17.5 Å². The molecule has 1 atom stereocenters. The van der Waals surface area contributed by atoms with Gasteiger partial charge in [-0.05, 0) is 53.6 Å². The monoisotopic (exact) mass is 462 g/mol. The van der Waals surface area contributed by atoms with E-state index in [1.165, 1.54) is 0 Å². The molecule has 0 aliphatic heterocycles. The van der Waals surface area contributed by atoms with E-state index in [0.29, 0.717) is 45.8 Å². The minimum absolute atomic E-state index is 0.260. The molecule has 1 unspecified atom stereocenters. The van der Waals surface area contributed by atoms with Gasteiger partial charge in [-0.1, -0.05) is 25.4 Å². The number of halogens is 1. The van der Waals surface area contributed by atoms with E-state index >= 15 is 0 Å². The van der Waals surface area contributed by atoms with Crippen molar-refractivity contribution in [3.8, 4) is 16.9 Å². The molecule has 0 aliphatic rings. The first-order valence-corrected chi connectivity index (χ1v) is 10.9. The summed E-state index contributed by atoms with van der Waals surface area (Å²) in [6.07, 6.45) is 7.08. The van der Waals surface area contributed by atoms with E-state index in [2.05, 4.69) is 49.6 Å². The zero-order valence-electron chi connectivity index (χ0n) is 18.5. The first-order valence-electron chi connectivity index (χ1n) is 10.5. The normalized spacial score (nSPS) is 12.0. The van der Waals surface area contributed by atoms with Gasteiger partial charge in [-0.3, -0.25) is 19.7 Å². The Labute approximate surface area is 196 Å². The highest BCUT2D eigenvalue weighted by atomic mass is 35.5. The Morgan fingerprint density at radius 1 is 1.09 bits per heavy atom. The summed E-state index contributed by atoms with van der Waals surface area (Å²) in [5, 5.41) is 15.7. The molecule has 4 aromatic rings. The van der Waals surface area contributed by atoms with Crippen molar-refractivity contribution in [2.45, 2.75) is 33.2 Å². The molecule has 1 N–H and O–H groups in total. The van der Waals surface area contributed by atoms with Crippen LogP contribution in [0.2, 0.25) is 5.02 Å². The van der Waals surface area contributed by atoms with Crippen LogP contribution in [0.4, 0.5) is 0 Å². The van der Waals surface area contributed by atoms with E-state index in [9.17, 15) is 4.79 Å². The van der Waals surface area contributed by atoms with E-state index < -0.39 is 0 Å². The number of aromatic nitrogens is 7. The summed E-state index contributed by atoms with van der Waals surface area (Å²) in [5.41, 5.74) is 3.20. The number of hydrogen-bond donors (Lipinski definition) is 1. The summed E-state index contributed by atoms with van der Waals surface area (Å²) in [6.45, 7) is 6.05. The lowest BCUT2D eigenvalue weighted by molar-refractivity contribution is 0.0939. The van der Waals surface area contributed by atoms with Gasteiger partial charge in [0.25, 0.3) is 5.91 Å². The Bertz CT molecular complexity index is 1240. The molecule has 0 saturated carbocycles. The van der Waals surface area contributed by atoms with Crippen molar-refractivity contribution in [1.82, 2.24) is 40.5 Å². The first kappa shape index (κ1) is 22.5. The molecule has 4 rings (SSSR count). The third-order valence-corrected chi connectivity index (χ3v) is 5.17. The molecule has 9 nitrogen and oxygen atoms in total. The number of pyridine rings is 1. The van der Waals surface area contributed by atoms with Crippen LogP contribution in [0.5, 0.6) is 0 Å². The Morgan fingerprint density at radius 2 is 1.94 bits per heavy atom. The van der Waals surface area contributed by atoms with E-state index in [1.807, 2.05) is 13.0 Å². The molecule has 3 aromatic heterocycles. The minimum atomic E-state index is -0.323. The summed E-state index contributed by atoms with van der Waals surface area (Å²) in [4.78, 5) is 25.9. The summed E-state index contributed by atoms with van der Waals surface area (Å²) in [6, 6.07) is 8.69. The van der Waals surface area contributed by atoms with Gasteiger partial charge < -0.3 is 5.32 Å². The molecule has 0 bridgehead atoms.